The number of aromatic nitrogens is 2. The van der Waals surface area contributed by atoms with Gasteiger partial charge in [0.15, 0.2) is 5.82 Å². The standard InChI is InChI=1S/C59H38N2S/c1-3-14-43(15-4-1)58-60-54(38-55(61-58)42-32-28-40(29-33-42)45-34-35-57-51(37-45)50-22-9-12-25-56(50)62-57)41-30-26-39(27-31-41)44-16-13-19-47(36-44)59(46-17-5-2-6-18-46)52-23-10-7-20-48(52)49-21-8-11-24-53(49)59/h1-38H. The van der Waals surface area contributed by atoms with Crippen LogP contribution in [0.15, 0.2) is 231 Å². The summed E-state index contributed by atoms with van der Waals surface area (Å²) in [4.78, 5) is 10.3. The first-order valence-corrected chi connectivity index (χ1v) is 22.0. The van der Waals surface area contributed by atoms with Crippen molar-refractivity contribution in [2.24, 2.45) is 0 Å². The topological polar surface area (TPSA) is 25.8 Å². The van der Waals surface area contributed by atoms with Gasteiger partial charge in [-0.25, -0.2) is 9.97 Å². The van der Waals surface area contributed by atoms with Crippen molar-refractivity contribution in [3.8, 4) is 67.3 Å². The van der Waals surface area contributed by atoms with E-state index in [-0.39, 0.29) is 0 Å². The molecule has 2 aromatic heterocycles. The van der Waals surface area contributed by atoms with Gasteiger partial charge in [-0.15, -0.1) is 11.3 Å². The first-order valence-electron chi connectivity index (χ1n) is 21.1. The third kappa shape index (κ3) is 5.93. The Morgan fingerprint density at radius 1 is 0.306 bits per heavy atom. The Morgan fingerprint density at radius 3 is 1.45 bits per heavy atom. The van der Waals surface area contributed by atoms with Gasteiger partial charge in [0.25, 0.3) is 0 Å². The molecule has 0 fully saturated rings. The summed E-state index contributed by atoms with van der Waals surface area (Å²) >= 11 is 1.85. The first-order chi connectivity index (χ1) is 30.7. The van der Waals surface area contributed by atoms with Gasteiger partial charge in [0.05, 0.1) is 16.8 Å². The minimum atomic E-state index is -0.444. The summed E-state index contributed by atoms with van der Waals surface area (Å²) in [5, 5.41) is 2.62. The molecule has 0 radical (unpaired) electrons. The second-order valence-electron chi connectivity index (χ2n) is 16.1. The van der Waals surface area contributed by atoms with Crippen molar-refractivity contribution in [3.63, 3.8) is 0 Å². The lowest BCUT2D eigenvalue weighted by molar-refractivity contribution is 0.769. The molecule has 1 aliphatic carbocycles. The maximum Gasteiger partial charge on any atom is 0.160 e. The molecular weight excluding hydrogens is 769 g/mol. The van der Waals surface area contributed by atoms with Crippen LogP contribution >= 0.6 is 11.3 Å². The van der Waals surface area contributed by atoms with Crippen LogP contribution in [-0.4, -0.2) is 9.97 Å². The molecule has 2 nitrogen and oxygen atoms in total. The number of fused-ring (bicyclic) bond motifs is 6. The monoisotopic (exact) mass is 806 g/mol. The van der Waals surface area contributed by atoms with Crippen molar-refractivity contribution < 1.29 is 0 Å². The zero-order valence-electron chi connectivity index (χ0n) is 33.7. The molecule has 0 unspecified atom stereocenters. The Bertz CT molecular complexity index is 3400. The van der Waals surface area contributed by atoms with Crippen LogP contribution in [0.5, 0.6) is 0 Å². The number of benzene rings is 9. The molecule has 3 heteroatoms. The van der Waals surface area contributed by atoms with Crippen LogP contribution in [0.25, 0.3) is 87.5 Å². The molecule has 9 aromatic carbocycles. The summed E-state index contributed by atoms with van der Waals surface area (Å²) in [6.07, 6.45) is 0. The van der Waals surface area contributed by atoms with Crippen molar-refractivity contribution >= 4 is 31.5 Å². The fourth-order valence-corrected chi connectivity index (χ4v) is 10.8. The van der Waals surface area contributed by atoms with Crippen molar-refractivity contribution in [2.45, 2.75) is 5.41 Å². The molecule has 12 rings (SSSR count). The molecule has 0 saturated carbocycles. The largest absolute Gasteiger partial charge is 0.228 e. The second-order valence-corrected chi connectivity index (χ2v) is 17.2. The highest BCUT2D eigenvalue weighted by Gasteiger charge is 2.45. The summed E-state index contributed by atoms with van der Waals surface area (Å²) in [6, 6.07) is 83.5. The normalized spacial score (nSPS) is 12.6. The molecule has 1 aliphatic rings. The van der Waals surface area contributed by atoms with Gasteiger partial charge in [0.2, 0.25) is 0 Å². The average Bonchev–Trinajstić information content (AvgIpc) is 3.88. The Balaban J connectivity index is 0.913. The highest BCUT2D eigenvalue weighted by atomic mass is 32.1. The zero-order valence-corrected chi connectivity index (χ0v) is 34.6. The van der Waals surface area contributed by atoms with Gasteiger partial charge in [-0.1, -0.05) is 200 Å². The minimum absolute atomic E-state index is 0.444. The second kappa shape index (κ2) is 14.8. The zero-order chi connectivity index (χ0) is 41.0. The van der Waals surface area contributed by atoms with Crippen molar-refractivity contribution in [1.82, 2.24) is 9.97 Å². The van der Waals surface area contributed by atoms with E-state index in [2.05, 4.69) is 212 Å². The van der Waals surface area contributed by atoms with Crippen molar-refractivity contribution in [3.05, 3.63) is 253 Å². The third-order valence-electron chi connectivity index (χ3n) is 12.6. The molecule has 0 spiro atoms. The van der Waals surface area contributed by atoms with Crippen LogP contribution in [0.2, 0.25) is 0 Å². The maximum absolute atomic E-state index is 5.16. The Labute approximate surface area is 365 Å². The van der Waals surface area contributed by atoms with E-state index in [9.17, 15) is 0 Å². The smallest absolute Gasteiger partial charge is 0.160 e. The van der Waals surface area contributed by atoms with E-state index < -0.39 is 5.41 Å². The van der Waals surface area contributed by atoms with E-state index in [4.69, 9.17) is 9.97 Å². The summed E-state index contributed by atoms with van der Waals surface area (Å²) in [7, 11) is 0. The van der Waals surface area contributed by atoms with Crippen LogP contribution in [0.1, 0.15) is 22.3 Å². The van der Waals surface area contributed by atoms with Gasteiger partial charge in [0.1, 0.15) is 0 Å². The van der Waals surface area contributed by atoms with Gasteiger partial charge in [0, 0.05) is 36.9 Å². The molecule has 11 aromatic rings. The highest BCUT2D eigenvalue weighted by molar-refractivity contribution is 7.25. The van der Waals surface area contributed by atoms with Crippen LogP contribution in [-0.2, 0) is 5.41 Å². The highest BCUT2D eigenvalue weighted by Crippen LogP contribution is 2.56. The van der Waals surface area contributed by atoms with E-state index in [1.165, 1.54) is 70.2 Å². The summed E-state index contributed by atoms with van der Waals surface area (Å²) < 4.78 is 2.63. The van der Waals surface area contributed by atoms with E-state index in [0.717, 1.165) is 33.6 Å². The molecule has 0 saturated heterocycles. The number of hydrogen-bond donors (Lipinski definition) is 0. The molecule has 62 heavy (non-hydrogen) atoms. The fourth-order valence-electron chi connectivity index (χ4n) is 9.68. The Morgan fingerprint density at radius 2 is 0.790 bits per heavy atom. The minimum Gasteiger partial charge on any atom is -0.228 e. The van der Waals surface area contributed by atoms with Crippen LogP contribution in [0.3, 0.4) is 0 Å². The van der Waals surface area contributed by atoms with Crippen LogP contribution in [0, 0.1) is 0 Å². The number of thiophene rings is 1. The summed E-state index contributed by atoms with van der Waals surface area (Å²) in [5.41, 5.74) is 16.9. The summed E-state index contributed by atoms with van der Waals surface area (Å²) in [6.45, 7) is 0. The maximum atomic E-state index is 5.16. The lowest BCUT2D eigenvalue weighted by atomic mass is 9.67. The molecule has 0 aliphatic heterocycles. The number of rotatable bonds is 7. The number of hydrogen-bond acceptors (Lipinski definition) is 3. The lowest BCUT2D eigenvalue weighted by Crippen LogP contribution is -2.28. The molecule has 0 atom stereocenters. The van der Waals surface area contributed by atoms with Gasteiger partial charge < -0.3 is 0 Å². The molecular formula is C59H38N2S. The SMILES string of the molecule is c1ccc(-c2nc(-c3ccc(-c4cccc(C5(c6ccccc6)c6ccccc6-c6ccccc65)c4)cc3)cc(-c3ccc(-c4ccc5sc6ccccc6c5c4)cc3)n2)cc1. The van der Waals surface area contributed by atoms with Gasteiger partial charge in [-0.3, -0.25) is 0 Å². The predicted molar refractivity (Wildman–Crippen MR) is 259 cm³/mol. The Kier molecular flexibility index (Phi) is 8.62. The predicted octanol–water partition coefficient (Wildman–Crippen LogP) is 15.5. The molecule has 0 N–H and O–H groups in total. The average molecular weight is 807 g/mol. The lowest BCUT2D eigenvalue weighted by Gasteiger charge is -2.34. The quantitative estimate of drug-likeness (QED) is 0.160. The van der Waals surface area contributed by atoms with Gasteiger partial charge in [-0.05, 0) is 86.0 Å². The Hall–Kier alpha value is -7.72. The van der Waals surface area contributed by atoms with Gasteiger partial charge >= 0.3 is 0 Å². The molecule has 0 bridgehead atoms. The van der Waals surface area contributed by atoms with Gasteiger partial charge in [-0.2, -0.15) is 0 Å². The van der Waals surface area contributed by atoms with Crippen LogP contribution in [0.4, 0.5) is 0 Å². The van der Waals surface area contributed by atoms with E-state index >= 15 is 0 Å². The fraction of sp³-hybridized carbons (Fsp3) is 0.0169. The first kappa shape index (κ1) is 36.2. The molecule has 0 amide bonds. The van der Waals surface area contributed by atoms with E-state index in [1.807, 2.05) is 29.5 Å². The van der Waals surface area contributed by atoms with E-state index in [1.54, 1.807) is 0 Å². The van der Waals surface area contributed by atoms with Crippen molar-refractivity contribution in [2.75, 3.05) is 0 Å². The summed E-state index contributed by atoms with van der Waals surface area (Å²) in [5.74, 6) is 0.706. The molecule has 2 heterocycles. The van der Waals surface area contributed by atoms with Crippen molar-refractivity contribution in [1.29, 1.82) is 0 Å². The third-order valence-corrected chi connectivity index (χ3v) is 13.8. The molecule has 290 valence electrons. The van der Waals surface area contributed by atoms with E-state index in [0.29, 0.717) is 5.82 Å². The van der Waals surface area contributed by atoms with Crippen LogP contribution < -0.4 is 0 Å². The number of nitrogens with zero attached hydrogens (tertiary/aromatic N) is 2.